The van der Waals surface area contributed by atoms with E-state index in [2.05, 4.69) is 24.5 Å². The highest BCUT2D eigenvalue weighted by Gasteiger charge is 2.23. The predicted molar refractivity (Wildman–Crippen MR) is 109 cm³/mol. The van der Waals surface area contributed by atoms with E-state index in [0.29, 0.717) is 35.2 Å². The molecule has 0 aliphatic rings. The van der Waals surface area contributed by atoms with Gasteiger partial charge >= 0.3 is 5.97 Å². The summed E-state index contributed by atoms with van der Waals surface area (Å²) in [5, 5.41) is 5.89. The predicted octanol–water partition coefficient (Wildman–Crippen LogP) is 2.90. The monoisotopic (exact) mass is 414 g/mol. The zero-order valence-electron chi connectivity index (χ0n) is 15.9. The highest BCUT2D eigenvalue weighted by Crippen LogP contribution is 2.10. The summed E-state index contributed by atoms with van der Waals surface area (Å²) in [5.74, 6) is -0.216. The number of rotatable bonds is 11. The summed E-state index contributed by atoms with van der Waals surface area (Å²) in [6, 6.07) is 5.55. The summed E-state index contributed by atoms with van der Waals surface area (Å²) < 4.78 is 5.08. The lowest BCUT2D eigenvalue weighted by Gasteiger charge is -2.17. The number of benzene rings is 1. The molecule has 0 saturated carbocycles. The second-order valence-electron chi connectivity index (χ2n) is 6.45. The van der Waals surface area contributed by atoms with E-state index in [0.717, 1.165) is 6.42 Å². The molecule has 8 heteroatoms. The van der Waals surface area contributed by atoms with Crippen LogP contribution in [0.3, 0.4) is 0 Å². The molecule has 0 aliphatic carbocycles. The second-order valence-corrected chi connectivity index (χ2v) is 7.88. The Morgan fingerprint density at radius 1 is 1.15 bits per heavy atom. The molecule has 0 saturated heterocycles. The summed E-state index contributed by atoms with van der Waals surface area (Å²) in [7, 11) is 0. The molecule has 2 N–H and O–H groups in total. The number of ether oxygens (including phenoxy) is 1. The molecule has 150 valence electrons. The Labute approximate surface area is 169 Å². The van der Waals surface area contributed by atoms with Crippen molar-refractivity contribution in [3.8, 4) is 0 Å². The Kier molecular flexibility index (Phi) is 10.9. The topological polar surface area (TPSA) is 84.5 Å². The van der Waals surface area contributed by atoms with Crippen molar-refractivity contribution in [2.24, 2.45) is 5.92 Å². The van der Waals surface area contributed by atoms with Crippen LogP contribution in [-0.2, 0) is 14.3 Å². The molecule has 2 amide bonds. The summed E-state index contributed by atoms with van der Waals surface area (Å²) in [6.07, 6.45) is 3.17. The van der Waals surface area contributed by atoms with Crippen molar-refractivity contribution in [1.29, 1.82) is 0 Å². The van der Waals surface area contributed by atoms with E-state index < -0.39 is 17.9 Å². The van der Waals surface area contributed by atoms with Gasteiger partial charge in [0.15, 0.2) is 6.61 Å². The maximum Gasteiger partial charge on any atom is 0.329 e. The zero-order valence-corrected chi connectivity index (χ0v) is 17.5. The molecule has 1 rings (SSSR count). The highest BCUT2D eigenvalue weighted by molar-refractivity contribution is 7.98. The van der Waals surface area contributed by atoms with Gasteiger partial charge < -0.3 is 15.4 Å². The smallest absolute Gasteiger partial charge is 0.329 e. The maximum absolute atomic E-state index is 12.3. The average Bonchev–Trinajstić information content (AvgIpc) is 2.63. The molecule has 0 spiro atoms. The van der Waals surface area contributed by atoms with Gasteiger partial charge in [0.25, 0.3) is 11.8 Å². The van der Waals surface area contributed by atoms with E-state index in [1.54, 1.807) is 36.0 Å². The van der Waals surface area contributed by atoms with Crippen molar-refractivity contribution < 1.29 is 19.1 Å². The molecule has 0 aromatic heterocycles. The van der Waals surface area contributed by atoms with Gasteiger partial charge in [0.05, 0.1) is 0 Å². The maximum atomic E-state index is 12.3. The number of nitrogens with one attached hydrogen (secondary N) is 2. The first-order valence-corrected chi connectivity index (χ1v) is 10.6. The van der Waals surface area contributed by atoms with Crippen molar-refractivity contribution in [3.05, 3.63) is 34.9 Å². The number of carbonyl (C=O) groups excluding carboxylic acids is 3. The van der Waals surface area contributed by atoms with Crippen LogP contribution >= 0.6 is 23.4 Å². The van der Waals surface area contributed by atoms with Crippen LogP contribution in [-0.4, -0.2) is 49.0 Å². The van der Waals surface area contributed by atoms with Crippen molar-refractivity contribution >= 4 is 41.1 Å². The van der Waals surface area contributed by atoms with Gasteiger partial charge in [-0.05, 0) is 55.0 Å². The van der Waals surface area contributed by atoms with E-state index in [4.69, 9.17) is 16.3 Å². The van der Waals surface area contributed by atoms with Gasteiger partial charge in [0, 0.05) is 17.1 Å². The van der Waals surface area contributed by atoms with E-state index in [1.165, 1.54) is 0 Å². The molecule has 1 aromatic rings. The van der Waals surface area contributed by atoms with Crippen molar-refractivity contribution in [3.63, 3.8) is 0 Å². The van der Waals surface area contributed by atoms with Gasteiger partial charge in [-0.1, -0.05) is 25.4 Å². The highest BCUT2D eigenvalue weighted by atomic mass is 35.5. The molecule has 6 nitrogen and oxygen atoms in total. The molecule has 0 fully saturated rings. The van der Waals surface area contributed by atoms with Gasteiger partial charge in [-0.3, -0.25) is 9.59 Å². The van der Waals surface area contributed by atoms with Crippen LogP contribution in [0.2, 0.25) is 5.02 Å². The van der Waals surface area contributed by atoms with E-state index in [1.807, 2.05) is 6.26 Å². The number of halogens is 1. The number of hydrogen-bond donors (Lipinski definition) is 2. The van der Waals surface area contributed by atoms with Gasteiger partial charge in [-0.2, -0.15) is 11.8 Å². The molecule has 0 aliphatic heterocycles. The molecule has 1 atom stereocenters. The fraction of sp³-hybridized carbons (Fsp3) is 0.526. The number of hydrogen-bond acceptors (Lipinski definition) is 5. The third-order valence-corrected chi connectivity index (χ3v) is 4.59. The Balaban J connectivity index is 2.56. The van der Waals surface area contributed by atoms with Crippen molar-refractivity contribution in [2.75, 3.05) is 25.2 Å². The van der Waals surface area contributed by atoms with Gasteiger partial charge in [0.2, 0.25) is 0 Å². The first-order valence-electron chi connectivity index (χ1n) is 8.82. The summed E-state index contributed by atoms with van der Waals surface area (Å²) >= 11 is 7.37. The molecule has 1 aromatic carbocycles. The zero-order chi connectivity index (χ0) is 20.2. The summed E-state index contributed by atoms with van der Waals surface area (Å²) in [4.78, 5) is 36.4. The Morgan fingerprint density at radius 3 is 2.41 bits per heavy atom. The fourth-order valence-corrected chi connectivity index (χ4v) is 2.71. The number of amides is 2. The standard InChI is InChI=1S/C19H27ClN2O4S/c1-13(2)8-10-21-17(23)12-26-19(25)16(9-11-27-3)22-18(24)14-4-6-15(20)7-5-14/h4-7,13,16H,8-12H2,1-3H3,(H,21,23)(H,22,24)/t16-/m1/s1. The van der Waals surface area contributed by atoms with E-state index in [9.17, 15) is 14.4 Å². The van der Waals surface area contributed by atoms with Crippen LogP contribution in [0.4, 0.5) is 0 Å². The molecule has 0 unspecified atom stereocenters. The van der Waals surface area contributed by atoms with Crippen LogP contribution in [0.25, 0.3) is 0 Å². The lowest BCUT2D eigenvalue weighted by molar-refractivity contribution is -0.150. The first kappa shape index (κ1) is 23.3. The Morgan fingerprint density at radius 2 is 1.81 bits per heavy atom. The minimum Gasteiger partial charge on any atom is -0.454 e. The lowest BCUT2D eigenvalue weighted by Crippen LogP contribution is -2.43. The summed E-state index contributed by atoms with van der Waals surface area (Å²) in [5.41, 5.74) is 0.396. The molecule has 0 heterocycles. The van der Waals surface area contributed by atoms with Crippen LogP contribution in [0.5, 0.6) is 0 Å². The SMILES string of the molecule is CSCC[C@@H](NC(=O)c1ccc(Cl)cc1)C(=O)OCC(=O)NCCC(C)C. The minimum atomic E-state index is -0.816. The number of esters is 1. The molecule has 0 bridgehead atoms. The Bertz CT molecular complexity index is 623. The number of carbonyl (C=O) groups is 3. The van der Waals surface area contributed by atoms with Crippen LogP contribution in [0.1, 0.15) is 37.0 Å². The van der Waals surface area contributed by atoms with E-state index >= 15 is 0 Å². The third kappa shape index (κ3) is 9.68. The van der Waals surface area contributed by atoms with Crippen LogP contribution < -0.4 is 10.6 Å². The summed E-state index contributed by atoms with van der Waals surface area (Å²) in [6.45, 7) is 4.30. The quantitative estimate of drug-likeness (QED) is 0.544. The number of thioether (sulfide) groups is 1. The molecular weight excluding hydrogens is 388 g/mol. The van der Waals surface area contributed by atoms with Crippen LogP contribution in [0.15, 0.2) is 24.3 Å². The first-order chi connectivity index (χ1) is 12.8. The van der Waals surface area contributed by atoms with Gasteiger partial charge in [-0.25, -0.2) is 4.79 Å². The van der Waals surface area contributed by atoms with Gasteiger partial charge in [-0.15, -0.1) is 0 Å². The Hall–Kier alpha value is -1.73. The fourth-order valence-electron chi connectivity index (χ4n) is 2.12. The third-order valence-electron chi connectivity index (χ3n) is 3.70. The molecular formula is C19H27ClN2O4S. The minimum absolute atomic E-state index is 0.350. The second kappa shape index (κ2) is 12.6. The van der Waals surface area contributed by atoms with E-state index in [-0.39, 0.29) is 12.5 Å². The van der Waals surface area contributed by atoms with Gasteiger partial charge in [0.1, 0.15) is 6.04 Å². The van der Waals surface area contributed by atoms with Crippen molar-refractivity contribution in [2.45, 2.75) is 32.7 Å². The molecule has 27 heavy (non-hydrogen) atoms. The largest absolute Gasteiger partial charge is 0.454 e. The average molecular weight is 415 g/mol. The van der Waals surface area contributed by atoms with Crippen molar-refractivity contribution in [1.82, 2.24) is 10.6 Å². The lowest BCUT2D eigenvalue weighted by atomic mass is 10.1. The normalized spacial score (nSPS) is 11.7. The van der Waals surface area contributed by atoms with Crippen LogP contribution in [0, 0.1) is 5.92 Å². The molecule has 0 radical (unpaired) electrons.